The summed E-state index contributed by atoms with van der Waals surface area (Å²) < 4.78 is 11.0. The highest BCUT2D eigenvalue weighted by atomic mass is 35.5. The van der Waals surface area contributed by atoms with Gasteiger partial charge in [0.15, 0.2) is 5.76 Å². The zero-order chi connectivity index (χ0) is 14.5. The molecule has 0 aliphatic rings. The van der Waals surface area contributed by atoms with E-state index < -0.39 is 0 Å². The lowest BCUT2D eigenvalue weighted by Gasteiger charge is -2.14. The van der Waals surface area contributed by atoms with Crippen LogP contribution in [0, 0.1) is 5.92 Å². The minimum absolute atomic E-state index is 0. The van der Waals surface area contributed by atoms with Crippen LogP contribution in [0.15, 0.2) is 34.9 Å². The van der Waals surface area contributed by atoms with E-state index in [1.165, 1.54) is 0 Å². The average Bonchev–Trinajstić information content (AvgIpc) is 2.88. The number of hydrogen-bond donors (Lipinski definition) is 1. The Balaban J connectivity index is 0.00000220. The molecule has 0 saturated carbocycles. The van der Waals surface area contributed by atoms with Crippen LogP contribution in [-0.2, 0) is 0 Å². The van der Waals surface area contributed by atoms with E-state index in [4.69, 9.17) is 26.6 Å². The fourth-order valence-electron chi connectivity index (χ4n) is 1.92. The number of ether oxygens (including phenoxy) is 1. The van der Waals surface area contributed by atoms with Crippen molar-refractivity contribution in [3.05, 3.63) is 35.9 Å². The first-order valence-electron chi connectivity index (χ1n) is 6.67. The van der Waals surface area contributed by atoms with Crippen molar-refractivity contribution in [3.63, 3.8) is 0 Å². The molecule has 1 aromatic heterocycles. The van der Waals surface area contributed by atoms with Crippen LogP contribution in [0.5, 0.6) is 5.88 Å². The Labute approximate surface area is 136 Å². The van der Waals surface area contributed by atoms with E-state index in [-0.39, 0.29) is 23.7 Å². The molecule has 0 aliphatic carbocycles. The summed E-state index contributed by atoms with van der Waals surface area (Å²) >= 11 is 6.51. The molecule has 1 heterocycles. The molecule has 2 rings (SSSR count). The van der Waals surface area contributed by atoms with Crippen LogP contribution in [0.3, 0.4) is 0 Å². The number of benzene rings is 1. The van der Waals surface area contributed by atoms with E-state index in [1.54, 1.807) is 0 Å². The highest BCUT2D eigenvalue weighted by Crippen LogP contribution is 2.41. The standard InChI is InChI=1S/C15H19ClN2O2.ClH/c1-10(2)13(16)12-14(11-6-4-3-5-7-11)20-18-15(12)19-9-8-17;/h3-7,10,13H,8-9,17H2,1-2H3;1H. The number of nitrogens with two attached hydrogens (primary N) is 1. The molecule has 21 heavy (non-hydrogen) atoms. The van der Waals surface area contributed by atoms with Crippen molar-refractivity contribution < 1.29 is 9.26 Å². The molecule has 6 heteroatoms. The second-order valence-corrected chi connectivity index (χ2v) is 5.35. The molecule has 1 unspecified atom stereocenters. The number of hydrogen-bond acceptors (Lipinski definition) is 4. The first-order chi connectivity index (χ1) is 9.65. The zero-order valence-electron chi connectivity index (χ0n) is 12.1. The number of aromatic nitrogens is 1. The second-order valence-electron chi connectivity index (χ2n) is 4.88. The quantitative estimate of drug-likeness (QED) is 0.812. The molecule has 0 saturated heterocycles. The summed E-state index contributed by atoms with van der Waals surface area (Å²) in [5.74, 6) is 1.33. The minimum atomic E-state index is -0.232. The maximum atomic E-state index is 6.51. The van der Waals surface area contributed by atoms with Crippen LogP contribution >= 0.6 is 24.0 Å². The molecular weight excluding hydrogens is 311 g/mol. The van der Waals surface area contributed by atoms with E-state index in [0.29, 0.717) is 24.8 Å². The van der Waals surface area contributed by atoms with Crippen LogP contribution in [0.25, 0.3) is 11.3 Å². The second kappa shape index (κ2) is 8.27. The van der Waals surface area contributed by atoms with Gasteiger partial charge >= 0.3 is 0 Å². The Hall–Kier alpha value is -1.23. The number of nitrogens with zero attached hydrogens (tertiary/aromatic N) is 1. The summed E-state index contributed by atoms with van der Waals surface area (Å²) in [5, 5.41) is 3.76. The van der Waals surface area contributed by atoms with Gasteiger partial charge in [-0.3, -0.25) is 0 Å². The summed E-state index contributed by atoms with van der Waals surface area (Å²) in [7, 11) is 0. The van der Waals surface area contributed by atoms with Crippen molar-refractivity contribution in [2.24, 2.45) is 11.7 Å². The van der Waals surface area contributed by atoms with Crippen molar-refractivity contribution >= 4 is 24.0 Å². The smallest absolute Gasteiger partial charge is 0.259 e. The third kappa shape index (κ3) is 4.13. The van der Waals surface area contributed by atoms with E-state index in [9.17, 15) is 0 Å². The Kier molecular flexibility index (Phi) is 7.02. The maximum Gasteiger partial charge on any atom is 0.259 e. The van der Waals surface area contributed by atoms with Crippen LogP contribution in [0.2, 0.25) is 0 Å². The Morgan fingerprint density at radius 2 is 1.95 bits per heavy atom. The van der Waals surface area contributed by atoms with Gasteiger partial charge in [0.25, 0.3) is 5.88 Å². The molecular formula is C15H20Cl2N2O2. The number of rotatable bonds is 6. The largest absolute Gasteiger partial charge is 0.474 e. The van der Waals surface area contributed by atoms with Gasteiger partial charge < -0.3 is 15.0 Å². The van der Waals surface area contributed by atoms with Gasteiger partial charge in [0.1, 0.15) is 6.61 Å². The predicted molar refractivity (Wildman–Crippen MR) is 87.2 cm³/mol. The van der Waals surface area contributed by atoms with Crippen molar-refractivity contribution in [1.29, 1.82) is 0 Å². The third-order valence-electron chi connectivity index (χ3n) is 2.95. The van der Waals surface area contributed by atoms with Crippen LogP contribution in [-0.4, -0.2) is 18.3 Å². The Morgan fingerprint density at radius 1 is 1.29 bits per heavy atom. The van der Waals surface area contributed by atoms with Crippen LogP contribution in [0.4, 0.5) is 0 Å². The van der Waals surface area contributed by atoms with Gasteiger partial charge in [-0.1, -0.05) is 44.2 Å². The van der Waals surface area contributed by atoms with E-state index >= 15 is 0 Å². The molecule has 4 nitrogen and oxygen atoms in total. The van der Waals surface area contributed by atoms with Gasteiger partial charge in [-0.05, 0) is 11.1 Å². The summed E-state index contributed by atoms with van der Waals surface area (Å²) in [6.45, 7) is 4.90. The van der Waals surface area contributed by atoms with Gasteiger partial charge in [-0.25, -0.2) is 0 Å². The van der Waals surface area contributed by atoms with Crippen molar-refractivity contribution in [2.45, 2.75) is 19.2 Å². The van der Waals surface area contributed by atoms with Gasteiger partial charge in [0, 0.05) is 12.1 Å². The first kappa shape index (κ1) is 17.8. The number of alkyl halides is 1. The van der Waals surface area contributed by atoms with E-state index in [1.807, 2.05) is 44.2 Å². The highest BCUT2D eigenvalue weighted by molar-refractivity contribution is 6.21. The zero-order valence-corrected chi connectivity index (χ0v) is 13.7. The van der Waals surface area contributed by atoms with E-state index in [2.05, 4.69) is 5.16 Å². The van der Waals surface area contributed by atoms with Crippen molar-refractivity contribution in [2.75, 3.05) is 13.2 Å². The molecule has 0 bridgehead atoms. The third-order valence-corrected chi connectivity index (χ3v) is 3.67. The lowest BCUT2D eigenvalue weighted by Crippen LogP contribution is -2.12. The molecule has 0 fully saturated rings. The molecule has 1 aromatic carbocycles. The molecule has 1 atom stereocenters. The fraction of sp³-hybridized carbons (Fsp3) is 0.400. The molecule has 0 aliphatic heterocycles. The summed E-state index contributed by atoms with van der Waals surface area (Å²) in [6.07, 6.45) is 0. The van der Waals surface area contributed by atoms with Gasteiger partial charge in [0.05, 0.1) is 10.9 Å². The van der Waals surface area contributed by atoms with Gasteiger partial charge in [-0.15, -0.1) is 24.0 Å². The number of halogens is 2. The monoisotopic (exact) mass is 330 g/mol. The predicted octanol–water partition coefficient (Wildman–Crippen LogP) is 4.04. The highest BCUT2D eigenvalue weighted by Gasteiger charge is 2.27. The van der Waals surface area contributed by atoms with E-state index in [0.717, 1.165) is 11.1 Å². The Bertz CT molecular complexity index is 544. The van der Waals surface area contributed by atoms with Crippen molar-refractivity contribution in [1.82, 2.24) is 5.16 Å². The molecule has 2 aromatic rings. The molecule has 0 radical (unpaired) electrons. The summed E-state index contributed by atoms with van der Waals surface area (Å²) in [5.41, 5.74) is 7.19. The lowest BCUT2D eigenvalue weighted by atomic mass is 9.99. The molecule has 0 amide bonds. The molecule has 2 N–H and O–H groups in total. The topological polar surface area (TPSA) is 61.3 Å². The van der Waals surface area contributed by atoms with Crippen LogP contribution in [0.1, 0.15) is 24.8 Å². The molecule has 0 spiro atoms. The van der Waals surface area contributed by atoms with Crippen LogP contribution < -0.4 is 10.5 Å². The summed E-state index contributed by atoms with van der Waals surface area (Å²) in [4.78, 5) is 0. The minimum Gasteiger partial charge on any atom is -0.474 e. The van der Waals surface area contributed by atoms with Crippen molar-refractivity contribution in [3.8, 4) is 17.2 Å². The molecule has 116 valence electrons. The SMILES string of the molecule is CC(C)C(Cl)c1c(OCCN)noc1-c1ccccc1.Cl. The maximum absolute atomic E-state index is 6.51. The fourth-order valence-corrected chi connectivity index (χ4v) is 2.11. The lowest BCUT2D eigenvalue weighted by molar-refractivity contribution is 0.286. The van der Waals surface area contributed by atoms with Gasteiger partial charge in [0.2, 0.25) is 0 Å². The normalized spacial score (nSPS) is 12.0. The van der Waals surface area contributed by atoms with Gasteiger partial charge in [-0.2, -0.15) is 0 Å². The first-order valence-corrected chi connectivity index (χ1v) is 7.10. The Morgan fingerprint density at radius 3 is 2.52 bits per heavy atom. The summed E-state index contributed by atoms with van der Waals surface area (Å²) in [6, 6.07) is 9.76. The average molecular weight is 331 g/mol.